The fraction of sp³-hybridized carbons (Fsp3) is 0.143. The first-order chi connectivity index (χ1) is 9.86. The molecule has 0 aliphatic carbocycles. The molecule has 0 aliphatic rings. The Balaban J connectivity index is 2.76. The van der Waals surface area contributed by atoms with Crippen LogP contribution >= 0.6 is 0 Å². The Morgan fingerprint density at radius 3 is 2.00 bits per heavy atom. The lowest BCUT2D eigenvalue weighted by molar-refractivity contribution is 0.381. The van der Waals surface area contributed by atoms with Gasteiger partial charge in [-0.3, -0.25) is 4.98 Å². The van der Waals surface area contributed by atoms with E-state index in [4.69, 9.17) is 5.26 Å². The van der Waals surface area contributed by atoms with Crippen LogP contribution in [0, 0.1) is 47.3 Å². The van der Waals surface area contributed by atoms with Gasteiger partial charge < -0.3 is 0 Å². The molecular formula is C14H7F5N2. The van der Waals surface area contributed by atoms with E-state index in [1.165, 1.54) is 13.0 Å². The van der Waals surface area contributed by atoms with Gasteiger partial charge in [0.1, 0.15) is 0 Å². The number of aryl methyl sites for hydroxylation is 1. The number of nitrogens with zero attached hydrogens (tertiary/aromatic N) is 2. The molecule has 1 aromatic carbocycles. The molecule has 0 spiro atoms. The summed E-state index contributed by atoms with van der Waals surface area (Å²) in [6.07, 6.45) is -0.0776. The van der Waals surface area contributed by atoms with Crippen LogP contribution in [0.1, 0.15) is 11.3 Å². The fourth-order valence-corrected chi connectivity index (χ4v) is 1.89. The van der Waals surface area contributed by atoms with Gasteiger partial charge >= 0.3 is 0 Å². The summed E-state index contributed by atoms with van der Waals surface area (Å²) in [5.41, 5.74) is -0.854. The highest BCUT2D eigenvalue weighted by molar-refractivity contribution is 5.62. The van der Waals surface area contributed by atoms with Crippen molar-refractivity contribution in [2.45, 2.75) is 13.3 Å². The van der Waals surface area contributed by atoms with E-state index in [0.29, 0.717) is 11.3 Å². The third kappa shape index (κ3) is 2.57. The molecule has 1 aromatic heterocycles. The lowest BCUT2D eigenvalue weighted by Crippen LogP contribution is -2.05. The van der Waals surface area contributed by atoms with E-state index in [1.54, 1.807) is 0 Å². The predicted octanol–water partition coefficient (Wildman–Crippen LogP) is 3.82. The zero-order chi connectivity index (χ0) is 15.7. The topological polar surface area (TPSA) is 36.7 Å². The van der Waals surface area contributed by atoms with Crippen LogP contribution in [0.15, 0.2) is 12.1 Å². The van der Waals surface area contributed by atoms with E-state index in [9.17, 15) is 22.0 Å². The fourth-order valence-electron chi connectivity index (χ4n) is 1.89. The largest absolute Gasteiger partial charge is 0.253 e. The maximum Gasteiger partial charge on any atom is 0.200 e. The molecule has 0 saturated heterocycles. The second-order valence-corrected chi connectivity index (χ2v) is 4.28. The summed E-state index contributed by atoms with van der Waals surface area (Å²) in [5, 5.41) is 8.62. The minimum absolute atomic E-state index is 0.0776. The molecule has 0 atom stereocenters. The smallest absolute Gasteiger partial charge is 0.200 e. The van der Waals surface area contributed by atoms with Crippen LogP contribution in [0.25, 0.3) is 11.3 Å². The van der Waals surface area contributed by atoms with Gasteiger partial charge in [-0.2, -0.15) is 5.26 Å². The zero-order valence-electron chi connectivity index (χ0n) is 10.6. The van der Waals surface area contributed by atoms with Crippen LogP contribution < -0.4 is 0 Å². The molecule has 0 amide bonds. The average Bonchev–Trinajstić information content (AvgIpc) is 2.43. The zero-order valence-corrected chi connectivity index (χ0v) is 10.6. The van der Waals surface area contributed by atoms with E-state index in [-0.39, 0.29) is 6.42 Å². The van der Waals surface area contributed by atoms with Gasteiger partial charge in [-0.15, -0.1) is 0 Å². The Labute approximate surface area is 116 Å². The summed E-state index contributed by atoms with van der Waals surface area (Å²) < 4.78 is 66.8. The average molecular weight is 298 g/mol. The molecule has 0 N–H and O–H groups in total. The summed E-state index contributed by atoms with van der Waals surface area (Å²) >= 11 is 0. The number of aromatic nitrogens is 1. The quantitative estimate of drug-likeness (QED) is 0.480. The van der Waals surface area contributed by atoms with Gasteiger partial charge in [0.05, 0.1) is 23.7 Å². The highest BCUT2D eigenvalue weighted by atomic mass is 19.2. The molecule has 0 saturated carbocycles. The Hall–Kier alpha value is -2.49. The molecule has 0 unspecified atom stereocenters. The van der Waals surface area contributed by atoms with Crippen LogP contribution in [-0.2, 0) is 6.42 Å². The number of rotatable bonds is 2. The van der Waals surface area contributed by atoms with Gasteiger partial charge in [-0.1, -0.05) is 0 Å². The van der Waals surface area contributed by atoms with Gasteiger partial charge in [0.25, 0.3) is 0 Å². The molecule has 2 aromatic rings. The highest BCUT2D eigenvalue weighted by Crippen LogP contribution is 2.31. The number of pyridine rings is 1. The van der Waals surface area contributed by atoms with Gasteiger partial charge in [-0.05, 0) is 24.6 Å². The molecule has 7 heteroatoms. The first kappa shape index (κ1) is 14.9. The van der Waals surface area contributed by atoms with Crippen molar-refractivity contribution in [2.24, 2.45) is 0 Å². The molecular weight excluding hydrogens is 291 g/mol. The molecule has 0 bridgehead atoms. The van der Waals surface area contributed by atoms with Gasteiger partial charge in [-0.25, -0.2) is 22.0 Å². The minimum Gasteiger partial charge on any atom is -0.253 e. The van der Waals surface area contributed by atoms with E-state index < -0.39 is 40.3 Å². The first-order valence-electron chi connectivity index (χ1n) is 5.73. The normalized spacial score (nSPS) is 10.5. The molecule has 0 radical (unpaired) electrons. The Morgan fingerprint density at radius 1 is 0.952 bits per heavy atom. The van der Waals surface area contributed by atoms with Crippen molar-refractivity contribution < 1.29 is 22.0 Å². The minimum atomic E-state index is -2.22. The Kier molecular flexibility index (Phi) is 3.89. The molecule has 0 fully saturated rings. The number of benzene rings is 1. The standard InChI is InChI=1S/C14H7F5N2/c1-6-4-7(2-3-20)5-8(21-6)9-10(15)12(17)14(19)13(18)11(9)16/h4-5H,2H2,1H3. The lowest BCUT2D eigenvalue weighted by atomic mass is 10.0. The Morgan fingerprint density at radius 2 is 1.48 bits per heavy atom. The van der Waals surface area contributed by atoms with Crippen molar-refractivity contribution in [1.29, 1.82) is 5.26 Å². The maximum atomic E-state index is 13.7. The van der Waals surface area contributed by atoms with Crippen LogP contribution in [0.3, 0.4) is 0 Å². The van der Waals surface area contributed by atoms with Crippen molar-refractivity contribution >= 4 is 0 Å². The maximum absolute atomic E-state index is 13.7. The van der Waals surface area contributed by atoms with Crippen LogP contribution in [0.2, 0.25) is 0 Å². The third-order valence-corrected chi connectivity index (χ3v) is 2.76. The van der Waals surface area contributed by atoms with Crippen molar-refractivity contribution in [1.82, 2.24) is 4.98 Å². The molecule has 108 valence electrons. The third-order valence-electron chi connectivity index (χ3n) is 2.76. The molecule has 2 rings (SSSR count). The van der Waals surface area contributed by atoms with E-state index >= 15 is 0 Å². The molecule has 21 heavy (non-hydrogen) atoms. The molecule has 1 heterocycles. The monoisotopic (exact) mass is 298 g/mol. The van der Waals surface area contributed by atoms with E-state index in [0.717, 1.165) is 6.07 Å². The van der Waals surface area contributed by atoms with Crippen molar-refractivity contribution in [3.05, 3.63) is 52.5 Å². The van der Waals surface area contributed by atoms with Crippen molar-refractivity contribution in [3.8, 4) is 17.3 Å². The van der Waals surface area contributed by atoms with Gasteiger partial charge in [0.15, 0.2) is 23.3 Å². The Bertz CT molecular complexity index is 736. The van der Waals surface area contributed by atoms with Crippen LogP contribution in [-0.4, -0.2) is 4.98 Å². The SMILES string of the molecule is Cc1cc(CC#N)cc(-c2c(F)c(F)c(F)c(F)c2F)n1. The van der Waals surface area contributed by atoms with E-state index in [2.05, 4.69) is 4.98 Å². The summed E-state index contributed by atoms with van der Waals surface area (Å²) in [4.78, 5) is 3.77. The summed E-state index contributed by atoms with van der Waals surface area (Å²) in [5.74, 6) is -10.2. The predicted molar refractivity (Wildman–Crippen MR) is 63.5 cm³/mol. The van der Waals surface area contributed by atoms with Crippen molar-refractivity contribution in [2.75, 3.05) is 0 Å². The van der Waals surface area contributed by atoms with Crippen LogP contribution in [0.4, 0.5) is 22.0 Å². The molecule has 0 aliphatic heterocycles. The number of nitriles is 1. The number of halogens is 5. The van der Waals surface area contributed by atoms with Gasteiger partial charge in [0.2, 0.25) is 5.82 Å². The summed E-state index contributed by atoms with van der Waals surface area (Å²) in [7, 11) is 0. The van der Waals surface area contributed by atoms with Crippen molar-refractivity contribution in [3.63, 3.8) is 0 Å². The number of hydrogen-bond acceptors (Lipinski definition) is 2. The van der Waals surface area contributed by atoms with Crippen LogP contribution in [0.5, 0.6) is 0 Å². The molecule has 2 nitrogen and oxygen atoms in total. The first-order valence-corrected chi connectivity index (χ1v) is 5.73. The number of hydrogen-bond donors (Lipinski definition) is 0. The highest BCUT2D eigenvalue weighted by Gasteiger charge is 2.27. The lowest BCUT2D eigenvalue weighted by Gasteiger charge is -2.09. The second-order valence-electron chi connectivity index (χ2n) is 4.28. The summed E-state index contributed by atoms with van der Waals surface area (Å²) in [6, 6.07) is 4.43. The van der Waals surface area contributed by atoms with E-state index in [1.807, 2.05) is 6.07 Å². The summed E-state index contributed by atoms with van der Waals surface area (Å²) in [6.45, 7) is 1.48. The van der Waals surface area contributed by atoms with Gasteiger partial charge in [0, 0.05) is 5.69 Å². The second kappa shape index (κ2) is 5.48.